The smallest absolute Gasteiger partial charge is 0.222 e. The van der Waals surface area contributed by atoms with Gasteiger partial charge in [0.05, 0.1) is 12.2 Å². The largest absolute Gasteiger partial charge is 0.491 e. The highest BCUT2D eigenvalue weighted by molar-refractivity contribution is 5.94. The van der Waals surface area contributed by atoms with E-state index in [4.69, 9.17) is 4.74 Å². The molecular formula is C31H38N2O2. The van der Waals surface area contributed by atoms with Gasteiger partial charge in [-0.2, -0.15) is 0 Å². The van der Waals surface area contributed by atoms with E-state index in [0.29, 0.717) is 24.9 Å². The Kier molecular flexibility index (Phi) is 6.30. The van der Waals surface area contributed by atoms with Crippen LogP contribution in [0.1, 0.15) is 80.4 Å². The first-order valence-corrected chi connectivity index (χ1v) is 13.9. The average molecular weight is 471 g/mol. The van der Waals surface area contributed by atoms with E-state index in [1.54, 1.807) is 0 Å². The molecule has 3 aromatic rings. The maximum atomic E-state index is 12.9. The van der Waals surface area contributed by atoms with Gasteiger partial charge >= 0.3 is 0 Å². The SMILES string of the molecule is Cc1ccc2c(C3CCCCC3)c3n(c2c1)CCOc1c(CCC(=O)N2CCCCC2)cccc1-3. The lowest BCUT2D eigenvalue weighted by Gasteiger charge is -2.27. The third kappa shape index (κ3) is 4.26. The highest BCUT2D eigenvalue weighted by Crippen LogP contribution is 2.48. The molecule has 1 aliphatic carbocycles. The van der Waals surface area contributed by atoms with Gasteiger partial charge in [0.1, 0.15) is 12.4 Å². The highest BCUT2D eigenvalue weighted by Gasteiger charge is 2.30. The molecule has 1 amide bonds. The first kappa shape index (κ1) is 22.7. The summed E-state index contributed by atoms with van der Waals surface area (Å²) in [6.07, 6.45) is 11.4. The zero-order chi connectivity index (χ0) is 23.8. The number of carbonyl (C=O) groups excluding carboxylic acids is 1. The Hall–Kier alpha value is -2.75. The van der Waals surface area contributed by atoms with Crippen LogP contribution in [-0.2, 0) is 17.8 Å². The molecule has 1 aromatic heterocycles. The van der Waals surface area contributed by atoms with Crippen molar-refractivity contribution in [2.75, 3.05) is 19.7 Å². The van der Waals surface area contributed by atoms with Crippen LogP contribution in [0.2, 0.25) is 0 Å². The molecule has 4 nitrogen and oxygen atoms in total. The number of rotatable bonds is 4. The van der Waals surface area contributed by atoms with Gasteiger partial charge in [-0.05, 0) is 80.2 Å². The summed E-state index contributed by atoms with van der Waals surface area (Å²) in [4.78, 5) is 15.0. The molecule has 184 valence electrons. The highest BCUT2D eigenvalue weighted by atomic mass is 16.5. The molecule has 0 N–H and O–H groups in total. The first-order chi connectivity index (χ1) is 17.2. The van der Waals surface area contributed by atoms with Gasteiger partial charge in [0.15, 0.2) is 0 Å². The maximum Gasteiger partial charge on any atom is 0.222 e. The van der Waals surface area contributed by atoms with Gasteiger partial charge in [0.2, 0.25) is 5.91 Å². The molecule has 3 aliphatic rings. The van der Waals surface area contributed by atoms with E-state index in [1.807, 2.05) is 0 Å². The van der Waals surface area contributed by atoms with Gasteiger partial charge in [0.25, 0.3) is 0 Å². The molecule has 0 atom stereocenters. The van der Waals surface area contributed by atoms with Gasteiger partial charge in [-0.15, -0.1) is 0 Å². The topological polar surface area (TPSA) is 34.5 Å². The van der Waals surface area contributed by atoms with Crippen molar-refractivity contribution in [2.24, 2.45) is 0 Å². The van der Waals surface area contributed by atoms with Gasteiger partial charge in [-0.3, -0.25) is 4.79 Å². The molecule has 0 bridgehead atoms. The number of hydrogen-bond donors (Lipinski definition) is 0. The summed E-state index contributed by atoms with van der Waals surface area (Å²) in [6, 6.07) is 13.6. The van der Waals surface area contributed by atoms with E-state index < -0.39 is 0 Å². The second-order valence-electron chi connectivity index (χ2n) is 10.9. The predicted molar refractivity (Wildman–Crippen MR) is 142 cm³/mol. The van der Waals surface area contributed by atoms with E-state index in [-0.39, 0.29) is 0 Å². The van der Waals surface area contributed by atoms with Crippen molar-refractivity contribution in [3.05, 3.63) is 53.1 Å². The number of carbonyl (C=O) groups is 1. The van der Waals surface area contributed by atoms with E-state index in [1.165, 1.54) is 77.4 Å². The van der Waals surface area contributed by atoms with Gasteiger partial charge in [0, 0.05) is 36.0 Å². The number of benzene rings is 2. The molecule has 35 heavy (non-hydrogen) atoms. The van der Waals surface area contributed by atoms with Crippen molar-refractivity contribution < 1.29 is 9.53 Å². The lowest BCUT2D eigenvalue weighted by Crippen LogP contribution is -2.35. The molecule has 1 saturated heterocycles. The van der Waals surface area contributed by atoms with Crippen LogP contribution in [0.25, 0.3) is 22.2 Å². The number of aromatic nitrogens is 1. The average Bonchev–Trinajstić information content (AvgIpc) is 3.08. The van der Waals surface area contributed by atoms with Gasteiger partial charge in [-0.25, -0.2) is 0 Å². The summed E-state index contributed by atoms with van der Waals surface area (Å²) < 4.78 is 9.00. The normalized spacial score (nSPS) is 18.6. The minimum Gasteiger partial charge on any atom is -0.491 e. The van der Waals surface area contributed by atoms with E-state index >= 15 is 0 Å². The van der Waals surface area contributed by atoms with Crippen LogP contribution in [-0.4, -0.2) is 35.1 Å². The second-order valence-corrected chi connectivity index (χ2v) is 10.9. The lowest BCUT2D eigenvalue weighted by molar-refractivity contribution is -0.132. The number of hydrogen-bond acceptors (Lipinski definition) is 2. The van der Waals surface area contributed by atoms with Crippen molar-refractivity contribution in [2.45, 2.75) is 83.6 Å². The number of piperidine rings is 1. The maximum absolute atomic E-state index is 12.9. The Balaban J connectivity index is 1.41. The molecule has 2 aromatic carbocycles. The fourth-order valence-corrected chi connectivity index (χ4v) is 6.73. The molecule has 2 aliphatic heterocycles. The summed E-state index contributed by atoms with van der Waals surface area (Å²) in [5.74, 6) is 1.91. The van der Waals surface area contributed by atoms with E-state index in [0.717, 1.165) is 44.6 Å². The van der Waals surface area contributed by atoms with Crippen LogP contribution in [0.15, 0.2) is 36.4 Å². The summed E-state index contributed by atoms with van der Waals surface area (Å²) in [5, 5.41) is 1.43. The van der Waals surface area contributed by atoms with Gasteiger partial charge < -0.3 is 14.2 Å². The summed E-state index contributed by atoms with van der Waals surface area (Å²) in [6.45, 7) is 5.57. The fraction of sp³-hybridized carbons (Fsp3) is 0.516. The standard InChI is InChI=1S/C31H38N2O2/c1-22-13-15-25-27(21-22)33-19-20-35-31-24(14-16-28(34)32-17-6-3-7-18-32)11-8-12-26(31)30(33)29(25)23-9-4-2-5-10-23/h8,11-13,15,21,23H,2-7,9-10,14,16-20H2,1H3. The minimum atomic E-state index is 0.295. The van der Waals surface area contributed by atoms with Gasteiger partial charge in [-0.1, -0.05) is 43.5 Å². The number of fused-ring (bicyclic) bond motifs is 5. The van der Waals surface area contributed by atoms with Crippen LogP contribution < -0.4 is 4.74 Å². The number of ether oxygens (including phenoxy) is 1. The molecular weight excluding hydrogens is 432 g/mol. The number of nitrogens with zero attached hydrogens (tertiary/aromatic N) is 2. The molecule has 0 unspecified atom stereocenters. The van der Waals surface area contributed by atoms with Crippen molar-refractivity contribution in [1.29, 1.82) is 0 Å². The van der Waals surface area contributed by atoms with Crippen LogP contribution in [0.4, 0.5) is 0 Å². The zero-order valence-electron chi connectivity index (χ0n) is 21.2. The third-order valence-electron chi connectivity index (χ3n) is 8.50. The molecule has 0 radical (unpaired) electrons. The molecule has 1 saturated carbocycles. The summed E-state index contributed by atoms with van der Waals surface area (Å²) in [5.41, 5.74) is 7.96. The molecule has 2 fully saturated rings. The number of para-hydroxylation sites is 1. The fourth-order valence-electron chi connectivity index (χ4n) is 6.73. The lowest BCUT2D eigenvalue weighted by atomic mass is 9.81. The quantitative estimate of drug-likeness (QED) is 0.411. The first-order valence-electron chi connectivity index (χ1n) is 13.9. The Morgan fingerprint density at radius 2 is 1.77 bits per heavy atom. The Labute approximate surface area is 209 Å². The van der Waals surface area contributed by atoms with Crippen LogP contribution >= 0.6 is 0 Å². The summed E-state index contributed by atoms with van der Waals surface area (Å²) >= 11 is 0. The minimum absolute atomic E-state index is 0.295. The van der Waals surface area contributed by atoms with Crippen LogP contribution in [0.5, 0.6) is 5.75 Å². The van der Waals surface area contributed by atoms with Crippen molar-refractivity contribution in [3.63, 3.8) is 0 Å². The van der Waals surface area contributed by atoms with E-state index in [2.05, 4.69) is 52.8 Å². The third-order valence-corrected chi connectivity index (χ3v) is 8.50. The molecule has 6 rings (SSSR count). The molecule has 3 heterocycles. The van der Waals surface area contributed by atoms with Crippen molar-refractivity contribution in [1.82, 2.24) is 9.47 Å². The van der Waals surface area contributed by atoms with E-state index in [9.17, 15) is 4.79 Å². The zero-order valence-corrected chi connectivity index (χ0v) is 21.2. The Bertz CT molecular complexity index is 1230. The molecule has 0 spiro atoms. The second kappa shape index (κ2) is 9.72. The Morgan fingerprint density at radius 1 is 0.971 bits per heavy atom. The van der Waals surface area contributed by atoms with Crippen LogP contribution in [0, 0.1) is 6.92 Å². The predicted octanol–water partition coefficient (Wildman–Crippen LogP) is 7.00. The monoisotopic (exact) mass is 470 g/mol. The van der Waals surface area contributed by atoms with Crippen molar-refractivity contribution >= 4 is 16.8 Å². The Morgan fingerprint density at radius 3 is 2.60 bits per heavy atom. The van der Waals surface area contributed by atoms with Crippen LogP contribution in [0.3, 0.4) is 0 Å². The number of likely N-dealkylation sites (tertiary alicyclic amines) is 1. The number of aryl methyl sites for hydroxylation is 2. The van der Waals surface area contributed by atoms with Crippen molar-refractivity contribution in [3.8, 4) is 17.0 Å². The number of amides is 1. The summed E-state index contributed by atoms with van der Waals surface area (Å²) in [7, 11) is 0. The molecule has 4 heteroatoms.